The van der Waals surface area contributed by atoms with Gasteiger partial charge in [0.1, 0.15) is 0 Å². The Morgan fingerprint density at radius 3 is 2.75 bits per heavy atom. The van der Waals surface area contributed by atoms with E-state index in [-0.39, 0.29) is 6.61 Å². The molecule has 0 atom stereocenters. The third-order valence-corrected chi connectivity index (χ3v) is 0.581. The van der Waals surface area contributed by atoms with E-state index in [0.29, 0.717) is 0 Å². The van der Waals surface area contributed by atoms with Gasteiger partial charge in [0.15, 0.2) is 6.61 Å². The lowest BCUT2D eigenvalue weighted by Gasteiger charge is -2.07. The molecule has 3 amide bonds. The van der Waals surface area contributed by atoms with Crippen LogP contribution < -0.4 is 10.8 Å². The lowest BCUT2D eigenvalue weighted by atomic mass is 10.6. The van der Waals surface area contributed by atoms with Gasteiger partial charge in [-0.1, -0.05) is 0 Å². The predicted molar refractivity (Wildman–Crippen MR) is 21.6 cm³/mol. The second-order valence-electron chi connectivity index (χ2n) is 1.20. The SMILES string of the molecule is O=C1CONC(=O)[N]1. The molecule has 0 aromatic rings. The van der Waals surface area contributed by atoms with Gasteiger partial charge < -0.3 is 0 Å². The third-order valence-electron chi connectivity index (χ3n) is 0.581. The van der Waals surface area contributed by atoms with Crippen molar-refractivity contribution in [3.8, 4) is 0 Å². The normalized spacial score (nSPS) is 19.5. The first-order valence-corrected chi connectivity index (χ1v) is 1.95. The molecule has 0 unspecified atom stereocenters. The summed E-state index contributed by atoms with van der Waals surface area (Å²) in [5.74, 6) is -0.547. The quantitative estimate of drug-likeness (QED) is 0.429. The molecule has 1 fully saturated rings. The molecule has 1 aliphatic rings. The number of carbonyl (C=O) groups excluding carboxylic acids is 2. The van der Waals surface area contributed by atoms with E-state index < -0.39 is 11.9 Å². The number of hydroxylamine groups is 1. The molecule has 5 heteroatoms. The Morgan fingerprint density at radius 1 is 1.62 bits per heavy atom. The van der Waals surface area contributed by atoms with Crippen LogP contribution in [-0.4, -0.2) is 18.5 Å². The zero-order valence-corrected chi connectivity index (χ0v) is 3.88. The summed E-state index contributed by atoms with van der Waals surface area (Å²) in [6.45, 7) is -0.161. The maximum absolute atomic E-state index is 10.1. The monoisotopic (exact) mass is 115 g/mol. The second kappa shape index (κ2) is 1.79. The molecule has 8 heavy (non-hydrogen) atoms. The molecule has 1 aliphatic heterocycles. The van der Waals surface area contributed by atoms with Crippen molar-refractivity contribution in [1.29, 1.82) is 0 Å². The first-order valence-electron chi connectivity index (χ1n) is 1.95. The standard InChI is InChI=1S/C3H3N2O3/c6-2-1-8-5-3(7)4-2/h1H2,(H,5,7). The molecule has 0 bridgehead atoms. The first kappa shape index (κ1) is 5.04. The van der Waals surface area contributed by atoms with Gasteiger partial charge in [-0.25, -0.2) is 10.3 Å². The number of hydrogen-bond donors (Lipinski definition) is 1. The fourth-order valence-electron chi connectivity index (χ4n) is 0.328. The maximum Gasteiger partial charge on any atom is 0.368 e. The van der Waals surface area contributed by atoms with Gasteiger partial charge in [-0.05, 0) is 0 Å². The zero-order valence-electron chi connectivity index (χ0n) is 3.88. The summed E-state index contributed by atoms with van der Waals surface area (Å²) in [5, 5.41) is 2.97. The molecular formula is C3H3N2O3. The summed E-state index contributed by atoms with van der Waals surface area (Å²) in [4.78, 5) is 24.4. The smallest absolute Gasteiger partial charge is 0.270 e. The molecule has 1 heterocycles. The largest absolute Gasteiger partial charge is 0.368 e. The zero-order chi connectivity index (χ0) is 5.98. The maximum atomic E-state index is 10.1. The number of carbonyl (C=O) groups is 2. The summed E-state index contributed by atoms with van der Waals surface area (Å²) in [7, 11) is 0. The molecular weight excluding hydrogens is 112 g/mol. The highest BCUT2D eigenvalue weighted by atomic mass is 16.7. The molecule has 0 aliphatic carbocycles. The number of rotatable bonds is 0. The number of nitrogens with zero attached hydrogens (tertiary/aromatic N) is 1. The summed E-state index contributed by atoms with van der Waals surface area (Å²) in [6, 6.07) is -0.735. The predicted octanol–water partition coefficient (Wildman–Crippen LogP) is -1.23. The van der Waals surface area contributed by atoms with Crippen LogP contribution >= 0.6 is 0 Å². The molecule has 0 aromatic carbocycles. The number of urea groups is 1. The van der Waals surface area contributed by atoms with Crippen molar-refractivity contribution in [3.63, 3.8) is 0 Å². The highest BCUT2D eigenvalue weighted by Crippen LogP contribution is 1.80. The van der Waals surface area contributed by atoms with Gasteiger partial charge in [-0.3, -0.25) is 9.63 Å². The van der Waals surface area contributed by atoms with Crippen molar-refractivity contribution in [2.75, 3.05) is 6.61 Å². The molecule has 1 rings (SSSR count). The highest BCUT2D eigenvalue weighted by molar-refractivity contribution is 5.95. The van der Waals surface area contributed by atoms with Crippen LogP contribution in [0.1, 0.15) is 0 Å². The van der Waals surface area contributed by atoms with Crippen LogP contribution in [-0.2, 0) is 9.63 Å². The van der Waals surface area contributed by atoms with Gasteiger partial charge in [-0.15, -0.1) is 0 Å². The molecule has 0 aromatic heterocycles. The van der Waals surface area contributed by atoms with Crippen LogP contribution in [0.25, 0.3) is 0 Å². The topological polar surface area (TPSA) is 69.5 Å². The van der Waals surface area contributed by atoms with E-state index in [2.05, 4.69) is 10.2 Å². The van der Waals surface area contributed by atoms with E-state index in [1.54, 1.807) is 0 Å². The van der Waals surface area contributed by atoms with Crippen molar-refractivity contribution in [2.45, 2.75) is 0 Å². The van der Waals surface area contributed by atoms with Crippen molar-refractivity contribution < 1.29 is 14.4 Å². The van der Waals surface area contributed by atoms with E-state index in [0.717, 1.165) is 0 Å². The van der Waals surface area contributed by atoms with Crippen molar-refractivity contribution in [2.24, 2.45) is 0 Å². The van der Waals surface area contributed by atoms with Gasteiger partial charge in [0, 0.05) is 0 Å². The van der Waals surface area contributed by atoms with E-state index >= 15 is 0 Å². The Hall–Kier alpha value is -1.10. The minimum Gasteiger partial charge on any atom is -0.270 e. The first-order chi connectivity index (χ1) is 3.79. The molecule has 1 radical (unpaired) electrons. The Balaban J connectivity index is 2.45. The van der Waals surface area contributed by atoms with Crippen LogP contribution in [0.3, 0.4) is 0 Å². The van der Waals surface area contributed by atoms with Crippen molar-refractivity contribution in [1.82, 2.24) is 10.8 Å². The van der Waals surface area contributed by atoms with Gasteiger partial charge in [0.2, 0.25) is 0 Å². The molecule has 5 nitrogen and oxygen atoms in total. The molecule has 43 valence electrons. The van der Waals surface area contributed by atoms with Gasteiger partial charge in [-0.2, -0.15) is 5.32 Å². The summed E-state index contributed by atoms with van der Waals surface area (Å²) >= 11 is 0. The average Bonchev–Trinajstić information content (AvgIpc) is 1.64. The van der Waals surface area contributed by atoms with Crippen LogP contribution in [0.2, 0.25) is 0 Å². The Morgan fingerprint density at radius 2 is 2.38 bits per heavy atom. The van der Waals surface area contributed by atoms with Gasteiger partial charge in [0.25, 0.3) is 5.91 Å². The highest BCUT2D eigenvalue weighted by Gasteiger charge is 2.15. The number of nitrogens with one attached hydrogen (secondary N) is 1. The van der Waals surface area contributed by atoms with Gasteiger partial charge in [0.05, 0.1) is 0 Å². The van der Waals surface area contributed by atoms with E-state index in [1.807, 2.05) is 5.48 Å². The van der Waals surface area contributed by atoms with E-state index in [1.165, 1.54) is 0 Å². The summed E-state index contributed by atoms with van der Waals surface area (Å²) in [6.07, 6.45) is 0. The van der Waals surface area contributed by atoms with Crippen LogP contribution in [0.5, 0.6) is 0 Å². The third kappa shape index (κ3) is 0.941. The van der Waals surface area contributed by atoms with E-state index in [4.69, 9.17) is 0 Å². The van der Waals surface area contributed by atoms with Crippen molar-refractivity contribution in [3.05, 3.63) is 0 Å². The summed E-state index contributed by atoms with van der Waals surface area (Å²) < 4.78 is 0. The van der Waals surface area contributed by atoms with Crippen molar-refractivity contribution >= 4 is 11.9 Å². The van der Waals surface area contributed by atoms with Crippen LogP contribution in [0, 0.1) is 0 Å². The minimum atomic E-state index is -0.735. The fraction of sp³-hybridized carbons (Fsp3) is 0.333. The Bertz CT molecular complexity index is 118. The Labute approximate surface area is 45.0 Å². The fourth-order valence-corrected chi connectivity index (χ4v) is 0.328. The molecule has 0 saturated carbocycles. The second-order valence-corrected chi connectivity index (χ2v) is 1.20. The average molecular weight is 115 g/mol. The minimum absolute atomic E-state index is 0.161. The van der Waals surface area contributed by atoms with E-state index in [9.17, 15) is 9.59 Å². The number of amides is 3. The molecule has 1 N–H and O–H groups in total. The lowest BCUT2D eigenvalue weighted by molar-refractivity contribution is -0.129. The van der Waals surface area contributed by atoms with Crippen LogP contribution in [0.15, 0.2) is 0 Å². The molecule has 0 spiro atoms. The Kier molecular flexibility index (Phi) is 1.13. The number of hydrogen-bond acceptors (Lipinski definition) is 3. The van der Waals surface area contributed by atoms with Gasteiger partial charge >= 0.3 is 6.03 Å². The number of imide groups is 1. The molecule has 1 saturated heterocycles. The summed E-state index contributed by atoms with van der Waals surface area (Å²) in [5.41, 5.74) is 1.89. The lowest BCUT2D eigenvalue weighted by Crippen LogP contribution is -2.43. The van der Waals surface area contributed by atoms with Crippen LogP contribution in [0.4, 0.5) is 4.79 Å².